The molecule has 0 aromatic heterocycles. The molecule has 2 rings (SSSR count). The molecule has 0 spiro atoms. The van der Waals surface area contributed by atoms with Gasteiger partial charge in [-0.1, -0.05) is 13.3 Å². The fourth-order valence-corrected chi connectivity index (χ4v) is 3.36. The van der Waals surface area contributed by atoms with Gasteiger partial charge in [0, 0.05) is 26.2 Å². The van der Waals surface area contributed by atoms with Crippen LogP contribution in [-0.2, 0) is 9.59 Å². The van der Waals surface area contributed by atoms with Gasteiger partial charge in [0.25, 0.3) is 0 Å². The summed E-state index contributed by atoms with van der Waals surface area (Å²) < 4.78 is 0. The maximum absolute atomic E-state index is 12.5. The van der Waals surface area contributed by atoms with Gasteiger partial charge >= 0.3 is 0 Å². The first-order chi connectivity index (χ1) is 9.50. The van der Waals surface area contributed by atoms with Gasteiger partial charge in [0.1, 0.15) is 0 Å². The molecule has 2 aliphatic rings. The molecule has 1 saturated carbocycles. The van der Waals surface area contributed by atoms with Crippen LogP contribution in [0, 0.1) is 11.8 Å². The van der Waals surface area contributed by atoms with Crippen molar-refractivity contribution >= 4 is 11.8 Å². The molecule has 0 radical (unpaired) electrons. The minimum Gasteiger partial charge on any atom is -0.341 e. The third kappa shape index (κ3) is 3.32. The summed E-state index contributed by atoms with van der Waals surface area (Å²) in [6.45, 7) is 3.97. The van der Waals surface area contributed by atoms with Crippen molar-refractivity contribution in [3.05, 3.63) is 0 Å². The summed E-state index contributed by atoms with van der Waals surface area (Å²) in [5, 5.41) is 0. The van der Waals surface area contributed by atoms with Gasteiger partial charge in [-0.2, -0.15) is 0 Å². The van der Waals surface area contributed by atoms with Crippen LogP contribution in [0.3, 0.4) is 0 Å². The maximum Gasteiger partial charge on any atom is 0.242 e. The van der Waals surface area contributed by atoms with Crippen molar-refractivity contribution < 1.29 is 9.59 Å². The average Bonchev–Trinajstić information content (AvgIpc) is 2.95. The van der Waals surface area contributed by atoms with Crippen LogP contribution >= 0.6 is 0 Å². The molecule has 2 fully saturated rings. The van der Waals surface area contributed by atoms with Crippen LogP contribution in [0.4, 0.5) is 0 Å². The molecule has 5 nitrogen and oxygen atoms in total. The van der Waals surface area contributed by atoms with Gasteiger partial charge in [0.05, 0.1) is 12.5 Å². The molecule has 20 heavy (non-hydrogen) atoms. The highest BCUT2D eigenvalue weighted by Crippen LogP contribution is 2.29. The fraction of sp³-hybridized carbons (Fsp3) is 0.867. The second-order valence-electron chi connectivity index (χ2n) is 6.37. The lowest BCUT2D eigenvalue weighted by molar-refractivity contribution is -0.142. The number of likely N-dealkylation sites (N-methyl/N-ethyl adjacent to an activating group) is 1. The Hall–Kier alpha value is -1.10. The number of carbonyl (C=O) groups excluding carboxylic acids is 2. The number of hydrogen-bond donors (Lipinski definition) is 1. The Balaban J connectivity index is 1.89. The van der Waals surface area contributed by atoms with Gasteiger partial charge in [-0.25, -0.2) is 0 Å². The molecule has 0 bridgehead atoms. The number of nitrogens with zero attached hydrogens (tertiary/aromatic N) is 2. The summed E-state index contributed by atoms with van der Waals surface area (Å²) >= 11 is 0. The van der Waals surface area contributed by atoms with Gasteiger partial charge in [-0.05, 0) is 31.6 Å². The summed E-state index contributed by atoms with van der Waals surface area (Å²) in [6, 6.07) is -0.0689. The molecule has 1 heterocycles. The summed E-state index contributed by atoms with van der Waals surface area (Å²) in [5.74, 6) is 0.378. The Labute approximate surface area is 121 Å². The number of hydrogen-bond acceptors (Lipinski definition) is 3. The van der Waals surface area contributed by atoms with Crippen molar-refractivity contribution in [2.24, 2.45) is 17.6 Å². The Bertz CT molecular complexity index is 366. The fourth-order valence-electron chi connectivity index (χ4n) is 3.36. The maximum atomic E-state index is 12.5. The normalized spacial score (nSPS) is 30.4. The Kier molecular flexibility index (Phi) is 5.02. The van der Waals surface area contributed by atoms with Crippen molar-refractivity contribution in [1.82, 2.24) is 9.80 Å². The van der Waals surface area contributed by atoms with E-state index >= 15 is 0 Å². The molecular weight excluding hydrogens is 254 g/mol. The van der Waals surface area contributed by atoms with E-state index in [4.69, 9.17) is 5.73 Å². The quantitative estimate of drug-likeness (QED) is 0.833. The summed E-state index contributed by atoms with van der Waals surface area (Å²) in [6.07, 6.45) is 5.16. The third-order valence-corrected chi connectivity index (χ3v) is 4.82. The van der Waals surface area contributed by atoms with Crippen molar-refractivity contribution in [2.75, 3.05) is 26.7 Å². The molecule has 1 aliphatic carbocycles. The zero-order valence-electron chi connectivity index (χ0n) is 12.7. The summed E-state index contributed by atoms with van der Waals surface area (Å²) in [5.41, 5.74) is 6.17. The smallest absolute Gasteiger partial charge is 0.242 e. The average molecular weight is 281 g/mol. The molecule has 3 atom stereocenters. The van der Waals surface area contributed by atoms with E-state index in [2.05, 4.69) is 6.92 Å². The lowest BCUT2D eigenvalue weighted by atomic mass is 9.77. The molecule has 1 aliphatic heterocycles. The highest BCUT2D eigenvalue weighted by molar-refractivity contribution is 5.86. The van der Waals surface area contributed by atoms with E-state index in [1.54, 1.807) is 11.9 Å². The van der Waals surface area contributed by atoms with Crippen LogP contribution in [0.5, 0.6) is 0 Å². The SMILES string of the molecule is CC1CCCC(C(=O)N(C)CC(=O)N2CCCC2)C1N. The molecule has 2 N–H and O–H groups in total. The monoisotopic (exact) mass is 281 g/mol. The van der Waals surface area contributed by atoms with E-state index in [0.29, 0.717) is 5.92 Å². The predicted molar refractivity (Wildman–Crippen MR) is 77.9 cm³/mol. The Morgan fingerprint density at radius 1 is 1.20 bits per heavy atom. The van der Waals surface area contributed by atoms with Gasteiger partial charge in [-0.15, -0.1) is 0 Å². The van der Waals surface area contributed by atoms with Crippen LogP contribution in [0.2, 0.25) is 0 Å². The van der Waals surface area contributed by atoms with Crippen molar-refractivity contribution in [3.63, 3.8) is 0 Å². The first-order valence-electron chi connectivity index (χ1n) is 7.79. The van der Waals surface area contributed by atoms with Crippen LogP contribution in [0.25, 0.3) is 0 Å². The zero-order chi connectivity index (χ0) is 14.7. The molecule has 3 unspecified atom stereocenters. The number of carbonyl (C=O) groups is 2. The van der Waals surface area contributed by atoms with E-state index in [9.17, 15) is 9.59 Å². The number of likely N-dealkylation sites (tertiary alicyclic amines) is 1. The van der Waals surface area contributed by atoms with Crippen molar-refractivity contribution in [2.45, 2.75) is 45.1 Å². The minimum atomic E-state index is -0.116. The largest absolute Gasteiger partial charge is 0.341 e. The van der Waals surface area contributed by atoms with E-state index in [0.717, 1.165) is 45.2 Å². The highest BCUT2D eigenvalue weighted by Gasteiger charge is 2.35. The zero-order valence-corrected chi connectivity index (χ0v) is 12.7. The number of rotatable bonds is 3. The minimum absolute atomic E-state index is 0.0385. The lowest BCUT2D eigenvalue weighted by Gasteiger charge is -2.35. The topological polar surface area (TPSA) is 66.6 Å². The lowest BCUT2D eigenvalue weighted by Crippen LogP contribution is -2.49. The summed E-state index contributed by atoms with van der Waals surface area (Å²) in [7, 11) is 1.72. The molecule has 1 saturated heterocycles. The Morgan fingerprint density at radius 3 is 2.50 bits per heavy atom. The molecular formula is C15H27N3O2. The molecule has 2 amide bonds. The van der Waals surface area contributed by atoms with E-state index < -0.39 is 0 Å². The van der Waals surface area contributed by atoms with Gasteiger partial charge in [0.15, 0.2) is 0 Å². The van der Waals surface area contributed by atoms with Crippen LogP contribution in [-0.4, -0.2) is 54.3 Å². The van der Waals surface area contributed by atoms with Crippen molar-refractivity contribution in [1.29, 1.82) is 0 Å². The van der Waals surface area contributed by atoms with E-state index in [-0.39, 0.29) is 30.3 Å². The molecule has 5 heteroatoms. The Morgan fingerprint density at radius 2 is 1.85 bits per heavy atom. The number of nitrogens with two attached hydrogens (primary N) is 1. The van der Waals surface area contributed by atoms with Crippen LogP contribution < -0.4 is 5.73 Å². The van der Waals surface area contributed by atoms with Gasteiger partial charge < -0.3 is 15.5 Å². The first kappa shape index (κ1) is 15.3. The number of amides is 2. The van der Waals surface area contributed by atoms with Crippen LogP contribution in [0.1, 0.15) is 39.0 Å². The van der Waals surface area contributed by atoms with Crippen molar-refractivity contribution in [3.8, 4) is 0 Å². The van der Waals surface area contributed by atoms with Crippen LogP contribution in [0.15, 0.2) is 0 Å². The predicted octanol–water partition coefficient (Wildman–Crippen LogP) is 0.831. The third-order valence-electron chi connectivity index (χ3n) is 4.82. The molecule has 0 aromatic carbocycles. The van der Waals surface area contributed by atoms with Gasteiger partial charge in [0.2, 0.25) is 11.8 Å². The second-order valence-corrected chi connectivity index (χ2v) is 6.37. The van der Waals surface area contributed by atoms with E-state index in [1.165, 1.54) is 0 Å². The van der Waals surface area contributed by atoms with E-state index in [1.807, 2.05) is 4.90 Å². The first-order valence-corrected chi connectivity index (χ1v) is 7.79. The second kappa shape index (κ2) is 6.57. The van der Waals surface area contributed by atoms with Gasteiger partial charge in [-0.3, -0.25) is 9.59 Å². The standard InChI is InChI=1S/C15H27N3O2/c1-11-6-5-7-12(14(11)16)15(20)17(2)10-13(19)18-8-3-4-9-18/h11-12,14H,3-10,16H2,1-2H3. The molecule has 114 valence electrons. The highest BCUT2D eigenvalue weighted by atomic mass is 16.2. The molecule has 0 aromatic rings. The summed E-state index contributed by atoms with van der Waals surface area (Å²) in [4.78, 5) is 28.0.